The van der Waals surface area contributed by atoms with Crippen LogP contribution < -0.4 is 0 Å². The predicted octanol–water partition coefficient (Wildman–Crippen LogP) is 4.07. The van der Waals surface area contributed by atoms with Gasteiger partial charge in [-0.2, -0.15) is 0 Å². The highest BCUT2D eigenvalue weighted by molar-refractivity contribution is 7.98. The van der Waals surface area contributed by atoms with Gasteiger partial charge in [0.05, 0.1) is 6.10 Å². The maximum absolute atomic E-state index is 9.94. The molecular weight excluding hydrogens is 294 g/mol. The van der Waals surface area contributed by atoms with Crippen molar-refractivity contribution in [3.05, 3.63) is 35.9 Å². The molecule has 1 fully saturated rings. The molecule has 0 radical (unpaired) electrons. The molecule has 3 nitrogen and oxygen atoms in total. The van der Waals surface area contributed by atoms with Gasteiger partial charge in [-0.25, -0.2) is 4.31 Å². The summed E-state index contributed by atoms with van der Waals surface area (Å²) in [6.07, 6.45) is 1.56. The van der Waals surface area contributed by atoms with Gasteiger partial charge in [0.25, 0.3) is 0 Å². The van der Waals surface area contributed by atoms with E-state index in [0.717, 1.165) is 25.9 Å². The van der Waals surface area contributed by atoms with Crippen molar-refractivity contribution in [3.8, 4) is 0 Å². The molecule has 1 aromatic rings. The summed E-state index contributed by atoms with van der Waals surface area (Å²) in [5.41, 5.74) is 1.31. The van der Waals surface area contributed by atoms with Crippen LogP contribution in [-0.4, -0.2) is 33.1 Å². The molecule has 124 valence electrons. The Hall–Kier alpha value is -0.550. The Kier molecular flexibility index (Phi) is 6.33. The summed E-state index contributed by atoms with van der Waals surface area (Å²) >= 11 is 1.86. The Morgan fingerprint density at radius 1 is 1.23 bits per heavy atom. The molecule has 0 amide bonds. The topological polar surface area (TPSA) is 32.7 Å². The van der Waals surface area contributed by atoms with Crippen LogP contribution in [0.4, 0.5) is 0 Å². The molecule has 1 aromatic carbocycles. The lowest BCUT2D eigenvalue weighted by Crippen LogP contribution is -2.40. The molecule has 1 aliphatic rings. The Balaban J connectivity index is 1.98. The normalized spacial score (nSPS) is 26.4. The van der Waals surface area contributed by atoms with Crippen LogP contribution in [0.15, 0.2) is 30.3 Å². The van der Waals surface area contributed by atoms with Crippen molar-refractivity contribution in [3.63, 3.8) is 0 Å². The van der Waals surface area contributed by atoms with E-state index in [1.165, 1.54) is 5.56 Å². The van der Waals surface area contributed by atoms with Gasteiger partial charge in [0, 0.05) is 23.8 Å². The Bertz CT molecular complexity index is 446. The van der Waals surface area contributed by atoms with E-state index in [-0.39, 0.29) is 16.8 Å². The van der Waals surface area contributed by atoms with Gasteiger partial charge < -0.3 is 9.84 Å². The third-order valence-electron chi connectivity index (χ3n) is 3.77. The van der Waals surface area contributed by atoms with Gasteiger partial charge >= 0.3 is 0 Å². The number of aliphatic hydroxyl groups is 1. The number of hydrogen-bond donors (Lipinski definition) is 1. The van der Waals surface area contributed by atoms with Gasteiger partial charge in [0.15, 0.2) is 6.29 Å². The second kappa shape index (κ2) is 7.82. The molecule has 0 aliphatic carbocycles. The second-order valence-electron chi connectivity index (χ2n) is 7.22. The lowest BCUT2D eigenvalue weighted by molar-refractivity contribution is -0.190. The van der Waals surface area contributed by atoms with E-state index in [2.05, 4.69) is 49.3 Å². The van der Waals surface area contributed by atoms with Gasteiger partial charge in [-0.1, -0.05) is 49.2 Å². The van der Waals surface area contributed by atoms with Crippen molar-refractivity contribution in [1.29, 1.82) is 0 Å². The van der Waals surface area contributed by atoms with E-state index in [1.54, 1.807) is 0 Å². The van der Waals surface area contributed by atoms with Gasteiger partial charge in [0.1, 0.15) is 0 Å². The summed E-state index contributed by atoms with van der Waals surface area (Å²) in [5.74, 6) is 0.245. The fourth-order valence-corrected chi connectivity index (χ4v) is 3.89. The second-order valence-corrected chi connectivity index (χ2v) is 9.14. The summed E-state index contributed by atoms with van der Waals surface area (Å²) in [5, 5.41) is 9.94. The molecule has 0 aromatic heterocycles. The molecule has 0 saturated carbocycles. The highest BCUT2D eigenvalue weighted by Crippen LogP contribution is 2.31. The Morgan fingerprint density at radius 2 is 1.91 bits per heavy atom. The minimum absolute atomic E-state index is 0.116. The molecule has 1 saturated heterocycles. The molecule has 0 bridgehead atoms. The van der Waals surface area contributed by atoms with E-state index in [0.29, 0.717) is 0 Å². The van der Waals surface area contributed by atoms with Crippen LogP contribution in [0.1, 0.15) is 46.1 Å². The van der Waals surface area contributed by atoms with Crippen molar-refractivity contribution in [2.24, 2.45) is 5.92 Å². The zero-order valence-corrected chi connectivity index (χ0v) is 15.0. The molecule has 22 heavy (non-hydrogen) atoms. The lowest BCUT2D eigenvalue weighted by atomic mass is 9.99. The van der Waals surface area contributed by atoms with Crippen molar-refractivity contribution < 1.29 is 9.84 Å². The third kappa shape index (κ3) is 5.92. The number of hydrogen-bond acceptors (Lipinski definition) is 4. The first-order valence-corrected chi connectivity index (χ1v) is 8.92. The van der Waals surface area contributed by atoms with Crippen LogP contribution in [0.25, 0.3) is 0 Å². The Labute approximate surface area is 139 Å². The van der Waals surface area contributed by atoms with Crippen LogP contribution in [0.2, 0.25) is 0 Å². The highest BCUT2D eigenvalue weighted by atomic mass is 32.2. The van der Waals surface area contributed by atoms with Crippen LogP contribution in [-0.2, 0) is 11.3 Å². The zero-order valence-electron chi connectivity index (χ0n) is 14.2. The summed E-state index contributed by atoms with van der Waals surface area (Å²) in [4.78, 5) is 0. The molecule has 1 N–H and O–H groups in total. The van der Waals surface area contributed by atoms with Crippen LogP contribution >= 0.6 is 11.9 Å². The maximum Gasteiger partial charge on any atom is 0.157 e. The fraction of sp³-hybridized carbons (Fsp3) is 0.667. The minimum Gasteiger partial charge on any atom is -0.368 e. The standard InChI is InChI=1S/C18H29NO2S/c1-14-10-11-16(21-17(14)20)13-19(22-18(2,3)4)12-15-8-6-5-7-9-15/h5-9,14,16-17,20H,10-13H2,1-4H3. The first-order chi connectivity index (χ1) is 10.3. The zero-order chi connectivity index (χ0) is 16.2. The van der Waals surface area contributed by atoms with Gasteiger partial charge in [-0.3, -0.25) is 0 Å². The highest BCUT2D eigenvalue weighted by Gasteiger charge is 2.29. The third-order valence-corrected chi connectivity index (χ3v) is 4.86. The monoisotopic (exact) mass is 323 g/mol. The fourth-order valence-electron chi connectivity index (χ4n) is 2.66. The van der Waals surface area contributed by atoms with E-state index >= 15 is 0 Å². The molecule has 1 heterocycles. The Morgan fingerprint density at radius 3 is 2.50 bits per heavy atom. The number of rotatable bonds is 5. The van der Waals surface area contributed by atoms with E-state index in [9.17, 15) is 5.11 Å². The summed E-state index contributed by atoms with van der Waals surface area (Å²) in [7, 11) is 0. The molecule has 0 spiro atoms. The van der Waals surface area contributed by atoms with Gasteiger partial charge in [-0.15, -0.1) is 0 Å². The largest absolute Gasteiger partial charge is 0.368 e. The summed E-state index contributed by atoms with van der Waals surface area (Å²) in [6.45, 7) is 10.5. The van der Waals surface area contributed by atoms with Crippen molar-refractivity contribution in [1.82, 2.24) is 4.31 Å². The summed E-state index contributed by atoms with van der Waals surface area (Å²) < 4.78 is 8.32. The number of aliphatic hydroxyl groups excluding tert-OH is 1. The van der Waals surface area contributed by atoms with Crippen molar-refractivity contribution in [2.75, 3.05) is 6.54 Å². The smallest absolute Gasteiger partial charge is 0.157 e. The average Bonchev–Trinajstić information content (AvgIpc) is 2.42. The SMILES string of the molecule is CC1CCC(CN(Cc2ccccc2)SC(C)(C)C)OC1O. The predicted molar refractivity (Wildman–Crippen MR) is 93.5 cm³/mol. The van der Waals surface area contributed by atoms with Crippen LogP contribution in [0.5, 0.6) is 0 Å². The first-order valence-electron chi connectivity index (χ1n) is 8.15. The van der Waals surface area contributed by atoms with Gasteiger partial charge in [0.2, 0.25) is 0 Å². The number of benzene rings is 1. The van der Waals surface area contributed by atoms with E-state index in [1.807, 2.05) is 24.9 Å². The summed E-state index contributed by atoms with van der Waals surface area (Å²) in [6, 6.07) is 10.5. The number of ether oxygens (including phenoxy) is 1. The van der Waals surface area contributed by atoms with Crippen LogP contribution in [0.3, 0.4) is 0 Å². The van der Waals surface area contributed by atoms with Crippen molar-refractivity contribution >= 4 is 11.9 Å². The maximum atomic E-state index is 9.94. The van der Waals surface area contributed by atoms with E-state index in [4.69, 9.17) is 4.74 Å². The minimum atomic E-state index is -0.614. The quantitative estimate of drug-likeness (QED) is 0.828. The average molecular weight is 324 g/mol. The van der Waals surface area contributed by atoms with E-state index < -0.39 is 6.29 Å². The molecule has 3 atom stereocenters. The molecule has 1 aliphatic heterocycles. The first kappa shape index (κ1) is 17.8. The molecule has 2 rings (SSSR count). The van der Waals surface area contributed by atoms with Crippen LogP contribution in [0, 0.1) is 5.92 Å². The van der Waals surface area contributed by atoms with Gasteiger partial charge in [-0.05, 0) is 39.2 Å². The molecule has 3 unspecified atom stereocenters. The number of nitrogens with zero attached hydrogens (tertiary/aromatic N) is 1. The molecular formula is C18H29NO2S. The lowest BCUT2D eigenvalue weighted by Gasteiger charge is -2.36. The van der Waals surface area contributed by atoms with Crippen molar-refractivity contribution in [2.45, 2.75) is 64.2 Å². The molecule has 4 heteroatoms.